The van der Waals surface area contributed by atoms with Gasteiger partial charge in [0, 0.05) is 12.1 Å². The second kappa shape index (κ2) is 8.92. The summed E-state index contributed by atoms with van der Waals surface area (Å²) < 4.78 is 90.6. The van der Waals surface area contributed by atoms with Crippen LogP contribution in [0.4, 0.5) is 37.7 Å². The Morgan fingerprint density at radius 1 is 0.975 bits per heavy atom. The fourth-order valence-electron chi connectivity index (χ4n) is 6.01. The minimum absolute atomic E-state index is 0.0322. The average Bonchev–Trinajstić information content (AvgIpc) is 3.39. The highest BCUT2D eigenvalue weighted by molar-refractivity contribution is 6.23. The first-order valence-electron chi connectivity index (χ1n) is 11.9. The molecule has 2 N–H and O–H groups in total. The summed E-state index contributed by atoms with van der Waals surface area (Å²) in [7, 11) is 0. The number of aliphatic hydroxyl groups is 2. The maximum absolute atomic E-state index is 13.6. The molecule has 212 valence electrons. The van der Waals surface area contributed by atoms with Crippen LogP contribution in [0.25, 0.3) is 4.85 Å². The first-order valence-corrected chi connectivity index (χ1v) is 11.9. The Labute approximate surface area is 222 Å². The molecule has 0 saturated carbocycles. The molecule has 0 spiro atoms. The van der Waals surface area contributed by atoms with Crippen LogP contribution in [0.5, 0.6) is 5.75 Å². The van der Waals surface area contributed by atoms with E-state index in [0.717, 1.165) is 36.4 Å². The number of fused-ring (bicyclic) bond motifs is 5. The van der Waals surface area contributed by atoms with E-state index in [2.05, 4.69) is 4.85 Å². The van der Waals surface area contributed by atoms with Crippen molar-refractivity contribution in [2.45, 2.75) is 49.1 Å². The molecule has 3 unspecified atom stereocenters. The summed E-state index contributed by atoms with van der Waals surface area (Å²) in [6.45, 7) is 7.99. The number of carbonyl (C=O) groups excluding carboxylic acids is 2. The number of anilines is 1. The number of hydrogen-bond acceptors (Lipinski definition) is 6. The fraction of sp³-hybridized carbons (Fsp3) is 0.423. The lowest BCUT2D eigenvalue weighted by Crippen LogP contribution is -2.58. The van der Waals surface area contributed by atoms with Crippen molar-refractivity contribution in [2.75, 3.05) is 11.5 Å². The number of imide groups is 1. The van der Waals surface area contributed by atoms with Crippen molar-refractivity contribution in [3.8, 4) is 5.75 Å². The lowest BCUT2D eigenvalue weighted by Gasteiger charge is -2.37. The van der Waals surface area contributed by atoms with Crippen molar-refractivity contribution < 1.29 is 55.6 Å². The van der Waals surface area contributed by atoms with Crippen molar-refractivity contribution in [2.24, 2.45) is 11.8 Å². The van der Waals surface area contributed by atoms with E-state index in [1.54, 1.807) is 0 Å². The normalized spacial score (nSPS) is 31.4. The van der Waals surface area contributed by atoms with E-state index >= 15 is 0 Å². The smallest absolute Gasteiger partial charge is 0.416 e. The van der Waals surface area contributed by atoms with Crippen molar-refractivity contribution in [1.82, 2.24) is 0 Å². The summed E-state index contributed by atoms with van der Waals surface area (Å²) in [6, 6.07) is 6.11. The molecule has 40 heavy (non-hydrogen) atoms. The molecule has 3 saturated heterocycles. The number of alkyl halides is 6. The molecule has 2 amide bonds. The zero-order chi connectivity index (χ0) is 29.4. The Morgan fingerprint density at radius 2 is 1.60 bits per heavy atom. The van der Waals surface area contributed by atoms with Crippen molar-refractivity contribution in [3.05, 3.63) is 65.0 Å². The Kier molecular flexibility index (Phi) is 6.22. The molecule has 14 heteroatoms. The summed E-state index contributed by atoms with van der Waals surface area (Å²) in [5.74, 6) is -4.65. The summed E-state index contributed by atoms with van der Waals surface area (Å²) >= 11 is 0. The number of aliphatic hydroxyl groups excluding tert-OH is 2. The van der Waals surface area contributed by atoms with Gasteiger partial charge in [0.15, 0.2) is 5.69 Å². The molecule has 3 heterocycles. The summed E-state index contributed by atoms with van der Waals surface area (Å²) in [4.78, 5) is 30.5. The van der Waals surface area contributed by atoms with Crippen LogP contribution in [0.3, 0.4) is 0 Å². The van der Waals surface area contributed by atoms with Gasteiger partial charge in [-0.3, -0.25) is 9.59 Å². The molecule has 6 atom stereocenters. The van der Waals surface area contributed by atoms with E-state index < -0.39 is 81.9 Å². The van der Waals surface area contributed by atoms with Crippen LogP contribution in [0, 0.1) is 18.4 Å². The third kappa shape index (κ3) is 3.94. The van der Waals surface area contributed by atoms with Gasteiger partial charge in [-0.05, 0) is 43.3 Å². The van der Waals surface area contributed by atoms with Crippen LogP contribution in [-0.4, -0.2) is 52.0 Å². The second-order valence-corrected chi connectivity index (χ2v) is 10.0. The van der Waals surface area contributed by atoms with Gasteiger partial charge in [0.2, 0.25) is 11.8 Å². The van der Waals surface area contributed by atoms with Gasteiger partial charge in [-0.25, -0.2) is 9.74 Å². The number of benzene rings is 2. The SMILES string of the molecule is [C-]#[N+]c1ccc(N2C(=O)[C@@H]3[C@H](C2=O)C2(C)OC3(CCOc3ccc(C(F)(F)F)cc3)[C@@H](O)C2O)cc1C(F)(F)F. The standard InChI is InChI=1S/C26H20F6N2O6/c1-23-17-18(22(38)34(21(17)37)13-5-8-16(33-2)15(11-13)26(30,31)32)24(40-23,20(36)19(23)35)9-10-39-14-6-3-12(4-7-14)25(27,28)29/h3-8,11,17-20,35-36H,9-10H2,1H3/t17-,18+,19?,20+,23?,24?/m1/s1. The van der Waals surface area contributed by atoms with Gasteiger partial charge in [-0.1, -0.05) is 6.07 Å². The Morgan fingerprint density at radius 3 is 2.17 bits per heavy atom. The quantitative estimate of drug-likeness (QED) is 0.319. The van der Waals surface area contributed by atoms with Crippen molar-refractivity contribution in [3.63, 3.8) is 0 Å². The molecule has 8 nitrogen and oxygen atoms in total. The third-order valence-electron chi connectivity index (χ3n) is 7.85. The van der Waals surface area contributed by atoms with Crippen molar-refractivity contribution >= 4 is 23.2 Å². The van der Waals surface area contributed by atoms with Crippen molar-refractivity contribution in [1.29, 1.82) is 0 Å². The van der Waals surface area contributed by atoms with Gasteiger partial charge in [-0.2, -0.15) is 26.3 Å². The monoisotopic (exact) mass is 570 g/mol. The van der Waals surface area contributed by atoms with E-state index in [1.807, 2.05) is 0 Å². The van der Waals surface area contributed by atoms with Gasteiger partial charge >= 0.3 is 12.4 Å². The van der Waals surface area contributed by atoms with Gasteiger partial charge in [0.25, 0.3) is 0 Å². The maximum Gasteiger partial charge on any atom is 0.416 e. The molecule has 3 aliphatic heterocycles. The second-order valence-electron chi connectivity index (χ2n) is 10.0. The van der Waals surface area contributed by atoms with E-state index in [1.165, 1.54) is 6.92 Å². The maximum atomic E-state index is 13.6. The third-order valence-corrected chi connectivity index (χ3v) is 7.85. The molecular formula is C26H20F6N2O6. The zero-order valence-electron chi connectivity index (χ0n) is 20.5. The molecule has 2 aromatic rings. The first kappa shape index (κ1) is 27.9. The summed E-state index contributed by atoms with van der Waals surface area (Å²) in [5.41, 5.74) is -7.07. The molecule has 0 radical (unpaired) electrons. The number of rotatable bonds is 5. The minimum atomic E-state index is -4.95. The van der Waals surface area contributed by atoms with Gasteiger partial charge in [0.05, 0.1) is 36.1 Å². The molecular weight excluding hydrogens is 550 g/mol. The highest BCUT2D eigenvalue weighted by Crippen LogP contribution is 2.62. The van der Waals surface area contributed by atoms with E-state index in [-0.39, 0.29) is 18.8 Å². The number of nitrogens with zero attached hydrogens (tertiary/aromatic N) is 2. The van der Waals surface area contributed by atoms with Gasteiger partial charge in [-0.15, -0.1) is 0 Å². The lowest BCUT2D eigenvalue weighted by atomic mass is 9.64. The number of hydrogen-bond donors (Lipinski definition) is 2. The van der Waals surface area contributed by atoms with E-state index in [0.29, 0.717) is 11.0 Å². The van der Waals surface area contributed by atoms with Crippen LogP contribution in [0.15, 0.2) is 42.5 Å². The van der Waals surface area contributed by atoms with Crippen LogP contribution in [0.1, 0.15) is 24.5 Å². The van der Waals surface area contributed by atoms with Crippen LogP contribution in [0.2, 0.25) is 0 Å². The number of carbonyl (C=O) groups is 2. The predicted molar refractivity (Wildman–Crippen MR) is 123 cm³/mol. The average molecular weight is 570 g/mol. The highest BCUT2D eigenvalue weighted by Gasteiger charge is 2.80. The topological polar surface area (TPSA) is 101 Å². The van der Waals surface area contributed by atoms with Gasteiger partial charge in [0.1, 0.15) is 29.2 Å². The molecule has 0 aromatic heterocycles. The Bertz CT molecular complexity index is 1420. The molecule has 5 rings (SSSR count). The van der Waals surface area contributed by atoms with Gasteiger partial charge < -0.3 is 19.7 Å². The Balaban J connectivity index is 1.45. The molecule has 2 aromatic carbocycles. The minimum Gasteiger partial charge on any atom is -0.493 e. The fourth-order valence-corrected chi connectivity index (χ4v) is 6.01. The van der Waals surface area contributed by atoms with Crippen LogP contribution in [-0.2, 0) is 26.7 Å². The molecule has 0 aliphatic carbocycles. The Hall–Kier alpha value is -3.67. The molecule has 2 bridgehead atoms. The number of amides is 2. The highest BCUT2D eigenvalue weighted by atomic mass is 19.4. The summed E-state index contributed by atoms with van der Waals surface area (Å²) in [6.07, 6.45) is -13.1. The predicted octanol–water partition coefficient (Wildman–Crippen LogP) is 4.11. The zero-order valence-corrected chi connectivity index (χ0v) is 20.5. The number of ether oxygens (including phenoxy) is 2. The molecule has 3 aliphatic rings. The van der Waals surface area contributed by atoms with Crippen LogP contribution >= 0.6 is 0 Å². The first-order chi connectivity index (χ1) is 18.6. The largest absolute Gasteiger partial charge is 0.493 e. The van der Waals surface area contributed by atoms with Crippen LogP contribution < -0.4 is 9.64 Å². The van der Waals surface area contributed by atoms with E-state index in [9.17, 15) is 46.1 Å². The summed E-state index contributed by atoms with van der Waals surface area (Å²) in [5, 5.41) is 21.7. The molecule has 3 fully saturated rings. The number of halogens is 6. The van der Waals surface area contributed by atoms with E-state index in [4.69, 9.17) is 16.0 Å². The lowest BCUT2D eigenvalue weighted by molar-refractivity contribution is -0.138.